The maximum atomic E-state index is 5.50. The van der Waals surface area contributed by atoms with Crippen LogP contribution in [0.2, 0.25) is 0 Å². The van der Waals surface area contributed by atoms with Crippen molar-refractivity contribution in [2.45, 2.75) is 26.4 Å². The molecular formula is C13H17N3O2. The third kappa shape index (κ3) is 3.76. The van der Waals surface area contributed by atoms with Crippen LogP contribution in [-0.4, -0.2) is 22.6 Å². The Hall–Kier alpha value is -2.04. The standard InChI is InChI=1S/C13H17N3O2/c1-10(2)18-13-8-12(15-9-16-13)14-6-5-11-4-3-7-17-11/h3-4,7-10H,5-6H2,1-2H3,(H,14,15,16). The van der Waals surface area contributed by atoms with Gasteiger partial charge in [-0.25, -0.2) is 9.97 Å². The summed E-state index contributed by atoms with van der Waals surface area (Å²) in [6, 6.07) is 5.63. The second-order valence-corrected chi connectivity index (χ2v) is 4.16. The summed E-state index contributed by atoms with van der Waals surface area (Å²) in [5.74, 6) is 2.29. The summed E-state index contributed by atoms with van der Waals surface area (Å²) in [5.41, 5.74) is 0. The molecule has 0 aliphatic rings. The molecule has 5 nitrogen and oxygen atoms in total. The van der Waals surface area contributed by atoms with Gasteiger partial charge in [-0.1, -0.05) is 0 Å². The summed E-state index contributed by atoms with van der Waals surface area (Å²) < 4.78 is 10.7. The molecule has 2 rings (SSSR count). The minimum atomic E-state index is 0.107. The number of furan rings is 1. The monoisotopic (exact) mass is 247 g/mol. The first-order valence-electron chi connectivity index (χ1n) is 5.99. The second kappa shape index (κ2) is 6.05. The lowest BCUT2D eigenvalue weighted by Crippen LogP contribution is -2.09. The fourth-order valence-electron chi connectivity index (χ4n) is 1.51. The Balaban J connectivity index is 1.85. The maximum absolute atomic E-state index is 5.50. The van der Waals surface area contributed by atoms with Gasteiger partial charge in [0.1, 0.15) is 17.9 Å². The highest BCUT2D eigenvalue weighted by Crippen LogP contribution is 2.12. The van der Waals surface area contributed by atoms with E-state index in [1.807, 2.05) is 26.0 Å². The van der Waals surface area contributed by atoms with E-state index >= 15 is 0 Å². The van der Waals surface area contributed by atoms with E-state index in [1.54, 1.807) is 12.3 Å². The van der Waals surface area contributed by atoms with Gasteiger partial charge >= 0.3 is 0 Å². The van der Waals surface area contributed by atoms with E-state index in [0.717, 1.165) is 24.5 Å². The molecule has 18 heavy (non-hydrogen) atoms. The average Bonchev–Trinajstić information content (AvgIpc) is 2.82. The zero-order valence-electron chi connectivity index (χ0n) is 10.6. The largest absolute Gasteiger partial charge is 0.475 e. The van der Waals surface area contributed by atoms with Crippen LogP contribution in [0.3, 0.4) is 0 Å². The predicted octanol–water partition coefficient (Wildman–Crippen LogP) is 2.51. The first kappa shape index (κ1) is 12.4. The number of hydrogen-bond donors (Lipinski definition) is 1. The summed E-state index contributed by atoms with van der Waals surface area (Å²) >= 11 is 0. The van der Waals surface area contributed by atoms with Crippen LogP contribution in [0.1, 0.15) is 19.6 Å². The molecular weight excluding hydrogens is 230 g/mol. The number of nitrogens with one attached hydrogen (secondary N) is 1. The lowest BCUT2D eigenvalue weighted by atomic mass is 10.3. The summed E-state index contributed by atoms with van der Waals surface area (Å²) in [5, 5.41) is 3.21. The van der Waals surface area contributed by atoms with Gasteiger partial charge in [-0.3, -0.25) is 0 Å². The van der Waals surface area contributed by atoms with Gasteiger partial charge in [-0.15, -0.1) is 0 Å². The molecule has 2 heterocycles. The van der Waals surface area contributed by atoms with Crippen LogP contribution in [0.15, 0.2) is 35.2 Å². The molecule has 0 aliphatic heterocycles. The SMILES string of the molecule is CC(C)Oc1cc(NCCc2ccco2)ncn1. The molecule has 1 N–H and O–H groups in total. The van der Waals surface area contributed by atoms with E-state index in [4.69, 9.17) is 9.15 Å². The van der Waals surface area contributed by atoms with Crippen molar-refractivity contribution < 1.29 is 9.15 Å². The van der Waals surface area contributed by atoms with Crippen molar-refractivity contribution >= 4 is 5.82 Å². The van der Waals surface area contributed by atoms with Crippen molar-refractivity contribution in [1.82, 2.24) is 9.97 Å². The predicted molar refractivity (Wildman–Crippen MR) is 68.7 cm³/mol. The highest BCUT2D eigenvalue weighted by atomic mass is 16.5. The van der Waals surface area contributed by atoms with Crippen LogP contribution in [-0.2, 0) is 6.42 Å². The van der Waals surface area contributed by atoms with E-state index in [-0.39, 0.29) is 6.10 Å². The first-order valence-corrected chi connectivity index (χ1v) is 5.99. The van der Waals surface area contributed by atoms with E-state index in [9.17, 15) is 0 Å². The van der Waals surface area contributed by atoms with Crippen LogP contribution in [0, 0.1) is 0 Å². The van der Waals surface area contributed by atoms with Gasteiger partial charge in [0.05, 0.1) is 12.4 Å². The van der Waals surface area contributed by atoms with Crippen molar-refractivity contribution in [3.63, 3.8) is 0 Å². The molecule has 0 spiro atoms. The number of hydrogen-bond acceptors (Lipinski definition) is 5. The lowest BCUT2D eigenvalue weighted by Gasteiger charge is -2.09. The highest BCUT2D eigenvalue weighted by Gasteiger charge is 2.02. The fraction of sp³-hybridized carbons (Fsp3) is 0.385. The van der Waals surface area contributed by atoms with Crippen LogP contribution in [0.4, 0.5) is 5.82 Å². The normalized spacial score (nSPS) is 10.6. The fourth-order valence-corrected chi connectivity index (χ4v) is 1.51. The quantitative estimate of drug-likeness (QED) is 0.849. The van der Waals surface area contributed by atoms with E-state index in [2.05, 4.69) is 15.3 Å². The minimum Gasteiger partial charge on any atom is -0.475 e. The van der Waals surface area contributed by atoms with Crippen LogP contribution < -0.4 is 10.1 Å². The van der Waals surface area contributed by atoms with Gasteiger partial charge in [-0.2, -0.15) is 0 Å². The number of nitrogens with zero attached hydrogens (tertiary/aromatic N) is 2. The minimum absolute atomic E-state index is 0.107. The van der Waals surface area contributed by atoms with Gasteiger partial charge in [0, 0.05) is 19.0 Å². The highest BCUT2D eigenvalue weighted by molar-refractivity contribution is 5.37. The molecule has 5 heteroatoms. The van der Waals surface area contributed by atoms with Gasteiger partial charge in [0.2, 0.25) is 5.88 Å². The van der Waals surface area contributed by atoms with Crippen LogP contribution in [0.25, 0.3) is 0 Å². The Morgan fingerprint density at radius 3 is 3.00 bits per heavy atom. The van der Waals surface area contributed by atoms with E-state index in [1.165, 1.54) is 6.33 Å². The van der Waals surface area contributed by atoms with Crippen molar-refractivity contribution in [3.05, 3.63) is 36.5 Å². The zero-order chi connectivity index (χ0) is 12.8. The van der Waals surface area contributed by atoms with E-state index in [0.29, 0.717) is 5.88 Å². The summed E-state index contributed by atoms with van der Waals surface area (Å²) in [7, 11) is 0. The summed E-state index contributed by atoms with van der Waals surface area (Å²) in [6.45, 7) is 4.68. The number of rotatable bonds is 6. The molecule has 0 aliphatic carbocycles. The maximum Gasteiger partial charge on any atom is 0.218 e. The molecule has 2 aromatic heterocycles. The van der Waals surface area contributed by atoms with Gasteiger partial charge < -0.3 is 14.5 Å². The third-order valence-electron chi connectivity index (χ3n) is 2.26. The molecule has 0 saturated heterocycles. The van der Waals surface area contributed by atoms with Crippen molar-refractivity contribution in [2.24, 2.45) is 0 Å². The molecule has 2 aromatic rings. The van der Waals surface area contributed by atoms with Gasteiger partial charge in [0.15, 0.2) is 0 Å². The summed E-state index contributed by atoms with van der Waals surface area (Å²) in [6.07, 6.45) is 4.09. The van der Waals surface area contributed by atoms with Crippen molar-refractivity contribution in [1.29, 1.82) is 0 Å². The van der Waals surface area contributed by atoms with Crippen molar-refractivity contribution in [2.75, 3.05) is 11.9 Å². The Bertz CT molecular complexity index is 469. The van der Waals surface area contributed by atoms with E-state index < -0.39 is 0 Å². The average molecular weight is 247 g/mol. The topological polar surface area (TPSA) is 60.2 Å². The first-order chi connectivity index (χ1) is 8.74. The number of ether oxygens (including phenoxy) is 1. The third-order valence-corrected chi connectivity index (χ3v) is 2.26. The molecule has 0 atom stereocenters. The Morgan fingerprint density at radius 2 is 2.28 bits per heavy atom. The Kier molecular flexibility index (Phi) is 4.17. The molecule has 0 radical (unpaired) electrons. The molecule has 0 fully saturated rings. The molecule has 0 bridgehead atoms. The van der Waals surface area contributed by atoms with Gasteiger partial charge in [0.25, 0.3) is 0 Å². The molecule has 0 aromatic carbocycles. The smallest absolute Gasteiger partial charge is 0.218 e. The number of anilines is 1. The molecule has 96 valence electrons. The molecule has 0 saturated carbocycles. The zero-order valence-corrected chi connectivity index (χ0v) is 10.6. The van der Waals surface area contributed by atoms with Gasteiger partial charge in [-0.05, 0) is 26.0 Å². The Labute approximate surface area is 106 Å². The second-order valence-electron chi connectivity index (χ2n) is 4.16. The van der Waals surface area contributed by atoms with Crippen LogP contribution in [0.5, 0.6) is 5.88 Å². The summed E-state index contributed by atoms with van der Waals surface area (Å²) in [4.78, 5) is 8.18. The number of aromatic nitrogens is 2. The molecule has 0 amide bonds. The Morgan fingerprint density at radius 1 is 1.39 bits per heavy atom. The lowest BCUT2D eigenvalue weighted by molar-refractivity contribution is 0.232. The van der Waals surface area contributed by atoms with Crippen LogP contribution >= 0.6 is 0 Å². The molecule has 0 unspecified atom stereocenters. The van der Waals surface area contributed by atoms with Crippen molar-refractivity contribution in [3.8, 4) is 5.88 Å².